The highest BCUT2D eigenvalue weighted by molar-refractivity contribution is 6.08. The minimum Gasteiger partial charge on any atom is -0.398 e. The highest BCUT2D eigenvalue weighted by Gasteiger charge is 2.09. The van der Waals surface area contributed by atoms with Gasteiger partial charge < -0.3 is 11.1 Å². The van der Waals surface area contributed by atoms with E-state index in [1.807, 2.05) is 6.07 Å². The maximum absolute atomic E-state index is 12.1. The van der Waals surface area contributed by atoms with Crippen molar-refractivity contribution < 1.29 is 4.79 Å². The Bertz CT molecular complexity index is 785. The van der Waals surface area contributed by atoms with Crippen LogP contribution in [0, 0.1) is 0 Å². The summed E-state index contributed by atoms with van der Waals surface area (Å²) in [6.45, 7) is 0. The molecular formula is C15H12N4O. The van der Waals surface area contributed by atoms with Gasteiger partial charge in [0.2, 0.25) is 0 Å². The molecule has 20 heavy (non-hydrogen) atoms. The molecule has 5 nitrogen and oxygen atoms in total. The van der Waals surface area contributed by atoms with Gasteiger partial charge in [0.1, 0.15) is 0 Å². The molecule has 0 saturated heterocycles. The van der Waals surface area contributed by atoms with Crippen molar-refractivity contribution >= 4 is 28.3 Å². The molecular weight excluding hydrogens is 252 g/mol. The first-order valence-electron chi connectivity index (χ1n) is 6.11. The van der Waals surface area contributed by atoms with Gasteiger partial charge in [-0.25, -0.2) is 0 Å². The average Bonchev–Trinajstić information content (AvgIpc) is 2.47. The number of carbonyl (C=O) groups excluding carboxylic acids is 1. The van der Waals surface area contributed by atoms with Gasteiger partial charge in [0.15, 0.2) is 0 Å². The van der Waals surface area contributed by atoms with E-state index in [2.05, 4.69) is 15.3 Å². The number of hydrogen-bond acceptors (Lipinski definition) is 4. The first-order valence-corrected chi connectivity index (χ1v) is 6.11. The zero-order valence-corrected chi connectivity index (χ0v) is 10.6. The van der Waals surface area contributed by atoms with Crippen LogP contribution in [0.3, 0.4) is 0 Å². The molecule has 5 heteroatoms. The second-order valence-corrected chi connectivity index (χ2v) is 4.30. The van der Waals surface area contributed by atoms with Crippen LogP contribution in [-0.2, 0) is 0 Å². The number of nitrogens with two attached hydrogens (primary N) is 1. The Balaban J connectivity index is 1.89. The quantitative estimate of drug-likeness (QED) is 0.697. The molecule has 0 bridgehead atoms. The van der Waals surface area contributed by atoms with Crippen LogP contribution >= 0.6 is 0 Å². The predicted octanol–water partition coefficient (Wildman–Crippen LogP) is 2.46. The summed E-state index contributed by atoms with van der Waals surface area (Å²) in [4.78, 5) is 20.5. The van der Waals surface area contributed by atoms with Crippen LogP contribution in [0.25, 0.3) is 11.0 Å². The fourth-order valence-corrected chi connectivity index (χ4v) is 1.94. The Labute approximate surface area is 115 Å². The van der Waals surface area contributed by atoms with Crippen molar-refractivity contribution in [2.75, 3.05) is 11.1 Å². The molecule has 98 valence electrons. The van der Waals surface area contributed by atoms with Crippen LogP contribution < -0.4 is 11.1 Å². The number of benzene rings is 2. The number of aromatic nitrogens is 2. The van der Waals surface area contributed by atoms with E-state index in [-0.39, 0.29) is 5.91 Å². The molecule has 1 amide bonds. The van der Waals surface area contributed by atoms with E-state index in [1.54, 1.807) is 48.8 Å². The van der Waals surface area contributed by atoms with Gasteiger partial charge in [-0.05, 0) is 30.3 Å². The summed E-state index contributed by atoms with van der Waals surface area (Å²) < 4.78 is 0. The Morgan fingerprint density at radius 1 is 1.00 bits per heavy atom. The molecule has 0 unspecified atom stereocenters. The van der Waals surface area contributed by atoms with Gasteiger partial charge in [0.25, 0.3) is 5.91 Å². The van der Waals surface area contributed by atoms with Crippen molar-refractivity contribution in [1.29, 1.82) is 0 Å². The number of anilines is 2. The van der Waals surface area contributed by atoms with E-state index in [9.17, 15) is 4.79 Å². The number of fused-ring (bicyclic) bond motifs is 1. The summed E-state index contributed by atoms with van der Waals surface area (Å²) in [6, 6.07) is 12.3. The number of carbonyl (C=O) groups is 1. The summed E-state index contributed by atoms with van der Waals surface area (Å²) in [5, 5.41) is 2.80. The standard InChI is InChI=1S/C15H12N4O/c16-12-4-2-1-3-11(12)15(20)19-10-5-6-13-14(9-10)18-8-7-17-13/h1-9H,16H2,(H,19,20). The number of nitrogens with one attached hydrogen (secondary N) is 1. The number of nitrogens with zero attached hydrogens (tertiary/aromatic N) is 2. The van der Waals surface area contributed by atoms with E-state index in [0.717, 1.165) is 11.0 Å². The van der Waals surface area contributed by atoms with E-state index >= 15 is 0 Å². The number of rotatable bonds is 2. The topological polar surface area (TPSA) is 80.9 Å². The first kappa shape index (κ1) is 12.1. The fraction of sp³-hybridized carbons (Fsp3) is 0. The Kier molecular flexibility index (Phi) is 3.01. The molecule has 0 aliphatic heterocycles. The number of hydrogen-bond donors (Lipinski definition) is 2. The average molecular weight is 264 g/mol. The Morgan fingerprint density at radius 3 is 2.55 bits per heavy atom. The van der Waals surface area contributed by atoms with Gasteiger partial charge in [-0.3, -0.25) is 14.8 Å². The smallest absolute Gasteiger partial charge is 0.257 e. The lowest BCUT2D eigenvalue weighted by atomic mass is 10.1. The van der Waals surface area contributed by atoms with Crippen molar-refractivity contribution in [3.05, 3.63) is 60.4 Å². The molecule has 0 saturated carbocycles. The van der Waals surface area contributed by atoms with Crippen molar-refractivity contribution in [3.63, 3.8) is 0 Å². The van der Waals surface area contributed by atoms with Crippen LogP contribution in [0.1, 0.15) is 10.4 Å². The molecule has 0 fully saturated rings. The molecule has 0 aliphatic carbocycles. The van der Waals surface area contributed by atoms with E-state index in [1.165, 1.54) is 0 Å². The minimum absolute atomic E-state index is 0.244. The van der Waals surface area contributed by atoms with Gasteiger partial charge in [0, 0.05) is 23.8 Å². The third-order valence-corrected chi connectivity index (χ3v) is 2.93. The molecule has 3 rings (SSSR count). The lowest BCUT2D eigenvalue weighted by molar-refractivity contribution is 0.102. The Morgan fingerprint density at radius 2 is 1.75 bits per heavy atom. The largest absolute Gasteiger partial charge is 0.398 e. The molecule has 3 aromatic rings. The van der Waals surface area contributed by atoms with Crippen LogP contribution in [0.15, 0.2) is 54.9 Å². The molecule has 1 heterocycles. The van der Waals surface area contributed by atoms with E-state index in [4.69, 9.17) is 5.73 Å². The van der Waals surface area contributed by atoms with Crippen molar-refractivity contribution in [2.45, 2.75) is 0 Å². The van der Waals surface area contributed by atoms with Gasteiger partial charge >= 0.3 is 0 Å². The minimum atomic E-state index is -0.244. The summed E-state index contributed by atoms with van der Waals surface area (Å²) in [5.74, 6) is -0.244. The SMILES string of the molecule is Nc1ccccc1C(=O)Nc1ccc2nccnc2c1. The first-order chi connectivity index (χ1) is 9.74. The number of amides is 1. The number of nitrogen functional groups attached to an aromatic ring is 1. The van der Waals surface area contributed by atoms with Gasteiger partial charge in [-0.1, -0.05) is 12.1 Å². The highest BCUT2D eigenvalue weighted by atomic mass is 16.1. The third-order valence-electron chi connectivity index (χ3n) is 2.93. The zero-order valence-electron chi connectivity index (χ0n) is 10.6. The molecule has 0 spiro atoms. The van der Waals surface area contributed by atoms with Crippen LogP contribution in [0.2, 0.25) is 0 Å². The van der Waals surface area contributed by atoms with Crippen LogP contribution in [0.4, 0.5) is 11.4 Å². The fourth-order valence-electron chi connectivity index (χ4n) is 1.94. The number of para-hydroxylation sites is 1. The maximum Gasteiger partial charge on any atom is 0.257 e. The van der Waals surface area contributed by atoms with Crippen LogP contribution in [0.5, 0.6) is 0 Å². The monoisotopic (exact) mass is 264 g/mol. The lowest BCUT2D eigenvalue weighted by Crippen LogP contribution is -2.13. The Hall–Kier alpha value is -2.95. The van der Waals surface area contributed by atoms with Gasteiger partial charge in [-0.2, -0.15) is 0 Å². The second kappa shape index (κ2) is 4.97. The third kappa shape index (κ3) is 2.29. The highest BCUT2D eigenvalue weighted by Crippen LogP contribution is 2.17. The zero-order chi connectivity index (χ0) is 13.9. The maximum atomic E-state index is 12.1. The molecule has 3 N–H and O–H groups in total. The lowest BCUT2D eigenvalue weighted by Gasteiger charge is -2.07. The second-order valence-electron chi connectivity index (χ2n) is 4.30. The van der Waals surface area contributed by atoms with Crippen molar-refractivity contribution in [3.8, 4) is 0 Å². The van der Waals surface area contributed by atoms with Gasteiger partial charge in [0.05, 0.1) is 16.6 Å². The predicted molar refractivity (Wildman–Crippen MR) is 78.3 cm³/mol. The van der Waals surface area contributed by atoms with Gasteiger partial charge in [-0.15, -0.1) is 0 Å². The normalized spacial score (nSPS) is 10.4. The summed E-state index contributed by atoms with van der Waals surface area (Å²) in [6.07, 6.45) is 3.24. The van der Waals surface area contributed by atoms with Crippen molar-refractivity contribution in [1.82, 2.24) is 9.97 Å². The van der Waals surface area contributed by atoms with E-state index < -0.39 is 0 Å². The summed E-state index contributed by atoms with van der Waals surface area (Å²) in [7, 11) is 0. The van der Waals surface area contributed by atoms with Crippen LogP contribution in [-0.4, -0.2) is 15.9 Å². The molecule has 1 aromatic heterocycles. The van der Waals surface area contributed by atoms with Crippen molar-refractivity contribution in [2.24, 2.45) is 0 Å². The molecule has 0 aliphatic rings. The van der Waals surface area contributed by atoms with E-state index in [0.29, 0.717) is 16.9 Å². The summed E-state index contributed by atoms with van der Waals surface area (Å²) in [5.41, 5.74) is 8.85. The molecule has 0 radical (unpaired) electrons. The molecule has 0 atom stereocenters. The molecule has 2 aromatic carbocycles. The summed E-state index contributed by atoms with van der Waals surface area (Å²) >= 11 is 0.